The molecule has 1 aromatic rings. The van der Waals surface area contributed by atoms with E-state index in [0.29, 0.717) is 5.76 Å². The molecule has 1 aliphatic heterocycles. The van der Waals surface area contributed by atoms with Gasteiger partial charge in [0.05, 0.1) is 6.26 Å². The van der Waals surface area contributed by atoms with Crippen LogP contribution in [-0.4, -0.2) is 16.6 Å². The van der Waals surface area contributed by atoms with Crippen LogP contribution >= 0.6 is 11.8 Å². The van der Waals surface area contributed by atoms with E-state index >= 15 is 0 Å². The highest BCUT2D eigenvalue weighted by Crippen LogP contribution is 2.41. The Hall–Kier alpha value is -0.410. The highest BCUT2D eigenvalue weighted by atomic mass is 32.2. The lowest BCUT2D eigenvalue weighted by molar-refractivity contribution is 0.00256. The van der Waals surface area contributed by atoms with Crippen molar-refractivity contribution in [3.05, 3.63) is 24.2 Å². The third kappa shape index (κ3) is 1.08. The molecule has 0 spiro atoms. The first-order chi connectivity index (χ1) is 5.73. The molecule has 0 aliphatic carbocycles. The maximum absolute atomic E-state index is 10.2. The van der Waals surface area contributed by atoms with Crippen molar-refractivity contribution >= 4 is 11.8 Å². The average molecular weight is 184 g/mol. The Balaban J connectivity index is 2.32. The number of rotatable bonds is 1. The Kier molecular flexibility index (Phi) is 1.93. The lowest BCUT2D eigenvalue weighted by Gasteiger charge is -2.23. The highest BCUT2D eigenvalue weighted by molar-refractivity contribution is 7.99. The second-order valence-corrected chi connectivity index (χ2v) is 4.35. The van der Waals surface area contributed by atoms with Gasteiger partial charge in [-0.3, -0.25) is 0 Å². The van der Waals surface area contributed by atoms with Crippen molar-refractivity contribution in [2.45, 2.75) is 12.5 Å². The first kappa shape index (κ1) is 8.20. The molecular weight excluding hydrogens is 172 g/mol. The quantitative estimate of drug-likeness (QED) is 0.723. The predicted octanol–water partition coefficient (Wildman–Crippen LogP) is 1.85. The molecule has 66 valence electrons. The maximum Gasteiger partial charge on any atom is 0.136 e. The Morgan fingerprint density at radius 3 is 3.08 bits per heavy atom. The number of hydrogen-bond donors (Lipinski definition) is 1. The predicted molar refractivity (Wildman–Crippen MR) is 49.1 cm³/mol. The fraction of sp³-hybridized carbons (Fsp3) is 0.556. The van der Waals surface area contributed by atoms with Crippen LogP contribution in [0.25, 0.3) is 0 Å². The fourth-order valence-electron chi connectivity index (χ4n) is 1.51. The Bertz CT molecular complexity index is 258. The van der Waals surface area contributed by atoms with Crippen LogP contribution in [0.15, 0.2) is 22.8 Å². The first-order valence-corrected chi connectivity index (χ1v) is 5.23. The molecule has 0 bridgehead atoms. The number of aliphatic hydroxyl groups is 1. The monoisotopic (exact) mass is 184 g/mol. The summed E-state index contributed by atoms with van der Waals surface area (Å²) in [7, 11) is 0. The molecule has 0 radical (unpaired) electrons. The normalized spacial score (nSPS) is 35.7. The minimum absolute atomic E-state index is 0.286. The summed E-state index contributed by atoms with van der Waals surface area (Å²) in [5, 5.41) is 10.2. The van der Waals surface area contributed by atoms with Crippen molar-refractivity contribution in [2.75, 3.05) is 11.5 Å². The standard InChI is InChI=1S/C9H12O2S/c1-7-5-12-6-9(7,10)8-3-2-4-11-8/h2-4,7,10H,5-6H2,1H3. The summed E-state index contributed by atoms with van der Waals surface area (Å²) >= 11 is 1.78. The fourth-order valence-corrected chi connectivity index (χ4v) is 3.00. The average Bonchev–Trinajstić information content (AvgIpc) is 2.62. The third-order valence-electron chi connectivity index (χ3n) is 2.45. The van der Waals surface area contributed by atoms with Gasteiger partial charge in [0.15, 0.2) is 0 Å². The second-order valence-electron chi connectivity index (χ2n) is 3.32. The highest BCUT2D eigenvalue weighted by Gasteiger charge is 2.42. The van der Waals surface area contributed by atoms with Crippen molar-refractivity contribution in [1.29, 1.82) is 0 Å². The summed E-state index contributed by atoms with van der Waals surface area (Å²) in [6.07, 6.45) is 1.61. The van der Waals surface area contributed by atoms with Crippen molar-refractivity contribution in [3.8, 4) is 0 Å². The van der Waals surface area contributed by atoms with Crippen LogP contribution in [0.1, 0.15) is 12.7 Å². The summed E-state index contributed by atoms with van der Waals surface area (Å²) in [4.78, 5) is 0. The summed E-state index contributed by atoms with van der Waals surface area (Å²) in [6.45, 7) is 2.06. The number of furan rings is 1. The van der Waals surface area contributed by atoms with Crippen molar-refractivity contribution in [2.24, 2.45) is 5.92 Å². The van der Waals surface area contributed by atoms with Gasteiger partial charge in [-0.2, -0.15) is 11.8 Å². The van der Waals surface area contributed by atoms with Crippen LogP contribution in [0.3, 0.4) is 0 Å². The molecule has 2 unspecified atom stereocenters. The van der Waals surface area contributed by atoms with Crippen LogP contribution < -0.4 is 0 Å². The molecule has 2 heterocycles. The molecule has 3 heteroatoms. The lowest BCUT2D eigenvalue weighted by atomic mass is 9.90. The van der Waals surface area contributed by atoms with E-state index in [1.165, 1.54) is 0 Å². The molecule has 2 rings (SSSR count). The Labute approximate surface area is 76.0 Å². The molecule has 2 nitrogen and oxygen atoms in total. The third-order valence-corrected chi connectivity index (χ3v) is 3.83. The maximum atomic E-state index is 10.2. The van der Waals surface area contributed by atoms with Crippen LogP contribution in [-0.2, 0) is 5.60 Å². The van der Waals surface area contributed by atoms with Gasteiger partial charge in [-0.05, 0) is 17.9 Å². The molecule has 1 aliphatic rings. The van der Waals surface area contributed by atoms with Crippen LogP contribution in [0.4, 0.5) is 0 Å². The largest absolute Gasteiger partial charge is 0.466 e. The minimum atomic E-state index is -0.728. The molecule has 0 aromatic carbocycles. The molecule has 0 saturated carbocycles. The van der Waals surface area contributed by atoms with Crippen LogP contribution in [0.2, 0.25) is 0 Å². The Morgan fingerprint density at radius 1 is 1.75 bits per heavy atom. The molecule has 1 fully saturated rings. The van der Waals surface area contributed by atoms with E-state index in [9.17, 15) is 5.11 Å². The van der Waals surface area contributed by atoms with Gasteiger partial charge in [0.1, 0.15) is 11.4 Å². The zero-order chi connectivity index (χ0) is 8.60. The minimum Gasteiger partial charge on any atom is -0.466 e. The molecule has 1 N–H and O–H groups in total. The molecule has 1 aromatic heterocycles. The molecule has 0 amide bonds. The van der Waals surface area contributed by atoms with E-state index in [1.54, 1.807) is 18.0 Å². The smallest absolute Gasteiger partial charge is 0.136 e. The van der Waals surface area contributed by atoms with E-state index in [0.717, 1.165) is 11.5 Å². The SMILES string of the molecule is CC1CSCC1(O)c1ccco1. The molecular formula is C9H12O2S. The van der Waals surface area contributed by atoms with Gasteiger partial charge in [0.25, 0.3) is 0 Å². The molecule has 2 atom stereocenters. The molecule has 1 saturated heterocycles. The van der Waals surface area contributed by atoms with Gasteiger partial charge in [0.2, 0.25) is 0 Å². The van der Waals surface area contributed by atoms with Crippen molar-refractivity contribution in [1.82, 2.24) is 0 Å². The lowest BCUT2D eigenvalue weighted by Crippen LogP contribution is -2.31. The summed E-state index contributed by atoms with van der Waals surface area (Å²) < 4.78 is 5.23. The zero-order valence-corrected chi connectivity index (χ0v) is 7.80. The molecule has 12 heavy (non-hydrogen) atoms. The van der Waals surface area contributed by atoms with E-state index < -0.39 is 5.60 Å². The van der Waals surface area contributed by atoms with E-state index in [1.807, 2.05) is 12.1 Å². The number of thioether (sulfide) groups is 1. The first-order valence-electron chi connectivity index (χ1n) is 4.07. The van der Waals surface area contributed by atoms with E-state index in [4.69, 9.17) is 4.42 Å². The van der Waals surface area contributed by atoms with Crippen LogP contribution in [0, 0.1) is 5.92 Å². The summed E-state index contributed by atoms with van der Waals surface area (Å²) in [5.41, 5.74) is -0.728. The van der Waals surface area contributed by atoms with E-state index in [2.05, 4.69) is 6.92 Å². The van der Waals surface area contributed by atoms with Gasteiger partial charge in [-0.1, -0.05) is 6.92 Å². The Morgan fingerprint density at radius 2 is 2.58 bits per heavy atom. The van der Waals surface area contributed by atoms with Gasteiger partial charge in [-0.15, -0.1) is 0 Å². The summed E-state index contributed by atoms with van der Waals surface area (Å²) in [5.74, 6) is 2.76. The topological polar surface area (TPSA) is 33.4 Å². The van der Waals surface area contributed by atoms with Crippen LogP contribution in [0.5, 0.6) is 0 Å². The van der Waals surface area contributed by atoms with Crippen molar-refractivity contribution < 1.29 is 9.52 Å². The summed E-state index contributed by atoms with van der Waals surface area (Å²) in [6, 6.07) is 3.67. The zero-order valence-electron chi connectivity index (χ0n) is 6.99. The van der Waals surface area contributed by atoms with Gasteiger partial charge in [0, 0.05) is 11.7 Å². The van der Waals surface area contributed by atoms with E-state index in [-0.39, 0.29) is 5.92 Å². The number of hydrogen-bond acceptors (Lipinski definition) is 3. The van der Waals surface area contributed by atoms with Gasteiger partial charge in [-0.25, -0.2) is 0 Å². The van der Waals surface area contributed by atoms with Gasteiger partial charge >= 0.3 is 0 Å². The second kappa shape index (κ2) is 2.82. The van der Waals surface area contributed by atoms with Crippen molar-refractivity contribution in [3.63, 3.8) is 0 Å². The van der Waals surface area contributed by atoms with Gasteiger partial charge < -0.3 is 9.52 Å².